The Hall–Kier alpha value is -3.09. The lowest BCUT2D eigenvalue weighted by Gasteiger charge is -2.36. The van der Waals surface area contributed by atoms with Crippen LogP contribution < -0.4 is 15.5 Å². The first-order valence-electron chi connectivity index (χ1n) is 11.1. The van der Waals surface area contributed by atoms with Gasteiger partial charge in [-0.25, -0.2) is 4.39 Å². The van der Waals surface area contributed by atoms with Gasteiger partial charge in [-0.15, -0.1) is 0 Å². The minimum Gasteiger partial charge on any atom is -0.374 e. The maximum absolute atomic E-state index is 13.9. The first-order valence-corrected chi connectivity index (χ1v) is 11.5. The summed E-state index contributed by atoms with van der Waals surface area (Å²) in [5.74, 6) is -0.883. The fraction of sp³-hybridized carbons (Fsp3) is 0.269. The van der Waals surface area contributed by atoms with Gasteiger partial charge in [-0.2, -0.15) is 0 Å². The molecule has 0 spiro atoms. The summed E-state index contributed by atoms with van der Waals surface area (Å²) in [6.07, 6.45) is 0. The minimum absolute atomic E-state index is 0.111. The summed E-state index contributed by atoms with van der Waals surface area (Å²) in [4.78, 5) is 17.3. The average molecular weight is 467 g/mol. The van der Waals surface area contributed by atoms with Gasteiger partial charge in [0.1, 0.15) is 11.9 Å². The number of hydrogen-bond acceptors (Lipinski definition) is 4. The molecule has 1 heterocycles. The molecule has 33 heavy (non-hydrogen) atoms. The molecule has 172 valence electrons. The third kappa shape index (κ3) is 6.24. The van der Waals surface area contributed by atoms with E-state index in [2.05, 4.69) is 56.8 Å². The molecule has 3 aromatic carbocycles. The van der Waals surface area contributed by atoms with Gasteiger partial charge in [0.25, 0.3) is 0 Å². The monoisotopic (exact) mass is 466 g/mol. The third-order valence-corrected chi connectivity index (χ3v) is 6.05. The van der Waals surface area contributed by atoms with Crippen molar-refractivity contribution in [1.29, 1.82) is 0 Å². The van der Waals surface area contributed by atoms with Crippen molar-refractivity contribution in [3.8, 4) is 0 Å². The van der Waals surface area contributed by atoms with Crippen LogP contribution in [0.4, 0.5) is 21.5 Å². The van der Waals surface area contributed by atoms with Gasteiger partial charge < -0.3 is 15.5 Å². The molecule has 7 heteroatoms. The minimum atomic E-state index is -0.559. The van der Waals surface area contributed by atoms with Crippen molar-refractivity contribution in [2.24, 2.45) is 0 Å². The predicted molar refractivity (Wildman–Crippen MR) is 133 cm³/mol. The molecule has 1 aliphatic heterocycles. The molecule has 1 saturated heterocycles. The Morgan fingerprint density at radius 2 is 1.70 bits per heavy atom. The number of halogens is 2. The van der Waals surface area contributed by atoms with Crippen molar-refractivity contribution in [2.75, 3.05) is 41.7 Å². The van der Waals surface area contributed by atoms with E-state index in [1.165, 1.54) is 23.4 Å². The van der Waals surface area contributed by atoms with E-state index in [0.29, 0.717) is 0 Å². The molecule has 0 saturated carbocycles. The van der Waals surface area contributed by atoms with E-state index in [-0.39, 0.29) is 16.6 Å². The van der Waals surface area contributed by atoms with Gasteiger partial charge in [0.2, 0.25) is 5.91 Å². The summed E-state index contributed by atoms with van der Waals surface area (Å²) < 4.78 is 13.9. The molecule has 0 radical (unpaired) electrons. The SMILES string of the molecule is CC(Nc1ccc(N2CCN(Cc3ccccc3)CC2)cc1)C(=O)Nc1ccc(Cl)cc1F. The standard InChI is InChI=1S/C26H28ClFN4O/c1-19(26(33)30-25-12-7-21(27)17-24(25)28)29-22-8-10-23(11-9-22)32-15-13-31(14-16-32)18-20-5-3-2-4-6-20/h2-12,17,19,29H,13-16,18H2,1H3,(H,30,33). The van der Waals surface area contributed by atoms with Gasteiger partial charge in [0.15, 0.2) is 0 Å². The first-order chi connectivity index (χ1) is 16.0. The number of hydrogen-bond donors (Lipinski definition) is 2. The van der Waals surface area contributed by atoms with Crippen molar-refractivity contribution >= 4 is 34.6 Å². The van der Waals surface area contributed by atoms with Crippen molar-refractivity contribution in [3.63, 3.8) is 0 Å². The largest absolute Gasteiger partial charge is 0.374 e. The van der Waals surface area contributed by atoms with Crippen molar-refractivity contribution in [1.82, 2.24) is 4.90 Å². The van der Waals surface area contributed by atoms with Crippen LogP contribution >= 0.6 is 11.6 Å². The highest BCUT2D eigenvalue weighted by molar-refractivity contribution is 6.30. The highest BCUT2D eigenvalue weighted by atomic mass is 35.5. The second-order valence-corrected chi connectivity index (χ2v) is 8.71. The topological polar surface area (TPSA) is 47.6 Å². The van der Waals surface area contributed by atoms with Crippen LogP contribution in [0.15, 0.2) is 72.8 Å². The van der Waals surface area contributed by atoms with E-state index in [9.17, 15) is 9.18 Å². The van der Waals surface area contributed by atoms with Crippen LogP contribution in [0.1, 0.15) is 12.5 Å². The summed E-state index contributed by atoms with van der Waals surface area (Å²) in [6.45, 7) is 6.72. The molecular formula is C26H28ClFN4O. The fourth-order valence-corrected chi connectivity index (χ4v) is 4.08. The van der Waals surface area contributed by atoms with Crippen LogP contribution in [-0.2, 0) is 11.3 Å². The molecule has 1 amide bonds. The van der Waals surface area contributed by atoms with E-state index < -0.39 is 11.9 Å². The van der Waals surface area contributed by atoms with Crippen LogP contribution in [0.5, 0.6) is 0 Å². The first kappa shape index (κ1) is 23.1. The Morgan fingerprint density at radius 1 is 1.00 bits per heavy atom. The summed E-state index contributed by atoms with van der Waals surface area (Å²) in [5.41, 5.74) is 3.46. The zero-order chi connectivity index (χ0) is 23.2. The summed E-state index contributed by atoms with van der Waals surface area (Å²) in [6, 6.07) is 22.3. The second kappa shape index (κ2) is 10.7. The third-order valence-electron chi connectivity index (χ3n) is 5.82. The van der Waals surface area contributed by atoms with E-state index in [1.54, 1.807) is 13.0 Å². The lowest BCUT2D eigenvalue weighted by molar-refractivity contribution is -0.116. The average Bonchev–Trinajstić information content (AvgIpc) is 2.82. The number of anilines is 3. The molecule has 0 aromatic heterocycles. The van der Waals surface area contributed by atoms with E-state index >= 15 is 0 Å². The van der Waals surface area contributed by atoms with Crippen LogP contribution in [0.25, 0.3) is 0 Å². The Labute approximate surface area is 199 Å². The lowest BCUT2D eigenvalue weighted by Crippen LogP contribution is -2.45. The molecule has 5 nitrogen and oxygen atoms in total. The molecule has 1 fully saturated rings. The van der Waals surface area contributed by atoms with Crippen LogP contribution in [0, 0.1) is 5.82 Å². The van der Waals surface area contributed by atoms with Crippen molar-refractivity contribution in [3.05, 3.63) is 89.2 Å². The van der Waals surface area contributed by atoms with Gasteiger partial charge >= 0.3 is 0 Å². The zero-order valence-electron chi connectivity index (χ0n) is 18.6. The van der Waals surface area contributed by atoms with Gasteiger partial charge in [-0.3, -0.25) is 9.69 Å². The number of carbonyl (C=O) groups excluding carboxylic acids is 1. The number of nitrogens with zero attached hydrogens (tertiary/aromatic N) is 2. The number of rotatable bonds is 7. The predicted octanol–water partition coefficient (Wildman–Crippen LogP) is 5.24. The van der Waals surface area contributed by atoms with Gasteiger partial charge in [0.05, 0.1) is 5.69 Å². The molecule has 1 atom stereocenters. The number of carbonyl (C=O) groups is 1. The summed E-state index contributed by atoms with van der Waals surface area (Å²) in [5, 5.41) is 6.05. The van der Waals surface area contributed by atoms with Gasteiger partial charge in [-0.1, -0.05) is 41.9 Å². The zero-order valence-corrected chi connectivity index (χ0v) is 19.4. The van der Waals surface area contributed by atoms with Crippen molar-refractivity contribution in [2.45, 2.75) is 19.5 Å². The normalized spacial score (nSPS) is 15.2. The fourth-order valence-electron chi connectivity index (χ4n) is 3.92. The van der Waals surface area contributed by atoms with Crippen LogP contribution in [-0.4, -0.2) is 43.0 Å². The van der Waals surface area contributed by atoms with Crippen LogP contribution in [0.3, 0.4) is 0 Å². The summed E-state index contributed by atoms with van der Waals surface area (Å²) in [7, 11) is 0. The number of piperazine rings is 1. The van der Waals surface area contributed by atoms with Crippen molar-refractivity contribution < 1.29 is 9.18 Å². The molecule has 1 unspecified atom stereocenters. The Balaban J connectivity index is 1.27. The smallest absolute Gasteiger partial charge is 0.246 e. The number of benzene rings is 3. The van der Waals surface area contributed by atoms with E-state index in [4.69, 9.17) is 11.6 Å². The molecule has 3 aromatic rings. The van der Waals surface area contributed by atoms with E-state index in [0.717, 1.165) is 38.4 Å². The van der Waals surface area contributed by atoms with Gasteiger partial charge in [0, 0.05) is 49.1 Å². The maximum Gasteiger partial charge on any atom is 0.246 e. The highest BCUT2D eigenvalue weighted by Crippen LogP contribution is 2.22. The summed E-state index contributed by atoms with van der Waals surface area (Å²) >= 11 is 5.76. The van der Waals surface area contributed by atoms with E-state index in [1.807, 2.05) is 18.2 Å². The number of nitrogens with one attached hydrogen (secondary N) is 2. The molecular weight excluding hydrogens is 439 g/mol. The second-order valence-electron chi connectivity index (χ2n) is 8.28. The quantitative estimate of drug-likeness (QED) is 0.500. The molecule has 4 rings (SSSR count). The molecule has 1 aliphatic rings. The molecule has 0 aliphatic carbocycles. The Kier molecular flexibility index (Phi) is 7.47. The van der Waals surface area contributed by atoms with Crippen LogP contribution in [0.2, 0.25) is 5.02 Å². The Morgan fingerprint density at radius 3 is 2.36 bits per heavy atom. The lowest BCUT2D eigenvalue weighted by atomic mass is 10.2. The molecule has 2 N–H and O–H groups in total. The Bertz CT molecular complexity index is 1070. The highest BCUT2D eigenvalue weighted by Gasteiger charge is 2.18. The molecule has 0 bridgehead atoms. The number of amides is 1. The van der Waals surface area contributed by atoms with Gasteiger partial charge in [-0.05, 0) is 55.0 Å². The maximum atomic E-state index is 13.9.